The van der Waals surface area contributed by atoms with Gasteiger partial charge in [-0.15, -0.1) is 0 Å². The summed E-state index contributed by atoms with van der Waals surface area (Å²) in [6.07, 6.45) is 3.78. The Morgan fingerprint density at radius 2 is 2.05 bits per heavy atom. The van der Waals surface area contributed by atoms with E-state index in [0.29, 0.717) is 13.1 Å². The molecule has 2 rings (SSSR count). The molecule has 1 fully saturated rings. The number of hydrogen-bond donors (Lipinski definition) is 2. The zero-order valence-electron chi connectivity index (χ0n) is 11.4. The van der Waals surface area contributed by atoms with Crippen LogP contribution in [0.2, 0.25) is 0 Å². The van der Waals surface area contributed by atoms with Gasteiger partial charge >= 0.3 is 0 Å². The predicted molar refractivity (Wildman–Crippen MR) is 75.2 cm³/mol. The molecule has 1 aliphatic carbocycles. The Kier molecular flexibility index (Phi) is 4.43. The monoisotopic (exact) mass is 262 g/mol. The molecule has 19 heavy (non-hydrogen) atoms. The fraction of sp³-hybridized carbons (Fsp3) is 0.533. The minimum absolute atomic E-state index is 0.136. The highest BCUT2D eigenvalue weighted by Gasteiger charge is 2.45. The smallest absolute Gasteiger partial charge is 0.230 e. The molecule has 4 nitrogen and oxygen atoms in total. The molecule has 0 unspecified atom stereocenters. The van der Waals surface area contributed by atoms with Gasteiger partial charge in [0.25, 0.3) is 0 Å². The summed E-state index contributed by atoms with van der Waals surface area (Å²) in [5.74, 6) is 0.958. The molecule has 1 aromatic rings. The number of ether oxygens (including phenoxy) is 1. The summed E-state index contributed by atoms with van der Waals surface area (Å²) in [5, 5.41) is 3.00. The summed E-state index contributed by atoms with van der Waals surface area (Å²) in [6.45, 7) is 1.27. The highest BCUT2D eigenvalue weighted by Crippen LogP contribution is 2.44. The van der Waals surface area contributed by atoms with Crippen molar-refractivity contribution in [2.75, 3.05) is 20.2 Å². The highest BCUT2D eigenvalue weighted by molar-refractivity contribution is 5.89. The van der Waals surface area contributed by atoms with Gasteiger partial charge in [-0.3, -0.25) is 4.79 Å². The van der Waals surface area contributed by atoms with E-state index in [-0.39, 0.29) is 11.3 Å². The molecular formula is C15H22N2O2. The normalized spacial score (nSPS) is 16.5. The van der Waals surface area contributed by atoms with E-state index in [1.807, 2.05) is 24.3 Å². The van der Waals surface area contributed by atoms with Crippen molar-refractivity contribution in [3.05, 3.63) is 29.8 Å². The van der Waals surface area contributed by atoms with Crippen molar-refractivity contribution in [1.29, 1.82) is 0 Å². The van der Waals surface area contributed by atoms with Crippen LogP contribution in [0.4, 0.5) is 0 Å². The maximum absolute atomic E-state index is 12.4. The Hall–Kier alpha value is -1.55. The molecule has 0 radical (unpaired) electrons. The van der Waals surface area contributed by atoms with Crippen molar-refractivity contribution in [1.82, 2.24) is 5.32 Å². The van der Waals surface area contributed by atoms with Crippen molar-refractivity contribution in [2.45, 2.75) is 31.1 Å². The van der Waals surface area contributed by atoms with Crippen LogP contribution in [-0.2, 0) is 10.2 Å². The Morgan fingerprint density at radius 1 is 1.37 bits per heavy atom. The molecule has 1 saturated carbocycles. The van der Waals surface area contributed by atoms with Gasteiger partial charge in [0.2, 0.25) is 5.91 Å². The number of amides is 1. The van der Waals surface area contributed by atoms with Crippen molar-refractivity contribution in [3.63, 3.8) is 0 Å². The van der Waals surface area contributed by atoms with Gasteiger partial charge in [0, 0.05) is 6.54 Å². The molecule has 0 bridgehead atoms. The average molecular weight is 262 g/mol. The number of carbonyl (C=O) groups excluding carboxylic acids is 1. The minimum Gasteiger partial charge on any atom is -0.497 e. The topological polar surface area (TPSA) is 64.3 Å². The third-order valence-corrected chi connectivity index (χ3v) is 3.95. The summed E-state index contributed by atoms with van der Waals surface area (Å²) in [7, 11) is 1.65. The third kappa shape index (κ3) is 2.73. The van der Waals surface area contributed by atoms with Gasteiger partial charge in [-0.05, 0) is 43.5 Å². The van der Waals surface area contributed by atoms with Gasteiger partial charge < -0.3 is 15.8 Å². The van der Waals surface area contributed by atoms with Crippen LogP contribution in [0.1, 0.15) is 31.2 Å². The standard InChI is InChI=1S/C15H22N2O2/c1-19-13-6-4-12(5-7-13)15(8-2-9-15)14(18)17-11-3-10-16/h4-7H,2-3,8-11,16H2,1H3,(H,17,18). The number of rotatable bonds is 6. The summed E-state index contributed by atoms with van der Waals surface area (Å²) in [6, 6.07) is 7.84. The largest absolute Gasteiger partial charge is 0.497 e. The Balaban J connectivity index is 2.10. The second kappa shape index (κ2) is 6.06. The van der Waals surface area contributed by atoms with Crippen molar-refractivity contribution < 1.29 is 9.53 Å². The number of hydrogen-bond acceptors (Lipinski definition) is 3. The van der Waals surface area contributed by atoms with Crippen LogP contribution in [0.15, 0.2) is 24.3 Å². The fourth-order valence-corrected chi connectivity index (χ4v) is 2.56. The van der Waals surface area contributed by atoms with Gasteiger partial charge in [0.15, 0.2) is 0 Å². The highest BCUT2D eigenvalue weighted by atomic mass is 16.5. The Labute approximate surface area is 114 Å². The lowest BCUT2D eigenvalue weighted by Gasteiger charge is -2.40. The van der Waals surface area contributed by atoms with Gasteiger partial charge in [0.05, 0.1) is 12.5 Å². The molecule has 1 aromatic carbocycles. The summed E-state index contributed by atoms with van der Waals surface area (Å²) in [5.41, 5.74) is 6.20. The van der Waals surface area contributed by atoms with Crippen LogP contribution in [0.3, 0.4) is 0 Å². The van der Waals surface area contributed by atoms with Crippen molar-refractivity contribution >= 4 is 5.91 Å². The van der Waals surface area contributed by atoms with Crippen LogP contribution in [0.5, 0.6) is 5.75 Å². The molecule has 4 heteroatoms. The van der Waals surface area contributed by atoms with Gasteiger partial charge in [-0.2, -0.15) is 0 Å². The van der Waals surface area contributed by atoms with E-state index in [1.165, 1.54) is 0 Å². The molecule has 0 saturated heterocycles. The first-order valence-corrected chi connectivity index (χ1v) is 6.86. The number of carbonyl (C=O) groups is 1. The lowest BCUT2D eigenvalue weighted by Crippen LogP contribution is -2.49. The van der Waals surface area contributed by atoms with Crippen LogP contribution in [0, 0.1) is 0 Å². The zero-order chi connectivity index (χ0) is 13.7. The minimum atomic E-state index is -0.332. The molecule has 1 amide bonds. The SMILES string of the molecule is COc1ccc(C2(C(=O)NCCCN)CCC2)cc1. The fourth-order valence-electron chi connectivity index (χ4n) is 2.56. The lowest BCUT2D eigenvalue weighted by molar-refractivity contribution is -0.129. The molecule has 104 valence electrons. The first-order chi connectivity index (χ1) is 9.23. The molecular weight excluding hydrogens is 240 g/mol. The Morgan fingerprint density at radius 3 is 2.53 bits per heavy atom. The van der Waals surface area contributed by atoms with Crippen LogP contribution < -0.4 is 15.8 Å². The lowest BCUT2D eigenvalue weighted by atomic mass is 9.64. The molecule has 0 aromatic heterocycles. The predicted octanol–water partition coefficient (Wildman–Crippen LogP) is 1.58. The van der Waals surface area contributed by atoms with Gasteiger partial charge in [-0.25, -0.2) is 0 Å². The maximum Gasteiger partial charge on any atom is 0.230 e. The van der Waals surface area contributed by atoms with Crippen LogP contribution in [0.25, 0.3) is 0 Å². The number of benzene rings is 1. The second-order valence-corrected chi connectivity index (χ2v) is 5.06. The quantitative estimate of drug-likeness (QED) is 0.765. The molecule has 0 atom stereocenters. The zero-order valence-corrected chi connectivity index (χ0v) is 11.4. The summed E-state index contributed by atoms with van der Waals surface area (Å²) < 4.78 is 5.16. The molecule has 0 spiro atoms. The van der Waals surface area contributed by atoms with Crippen molar-refractivity contribution in [3.8, 4) is 5.75 Å². The van der Waals surface area contributed by atoms with E-state index in [4.69, 9.17) is 10.5 Å². The Bertz CT molecular complexity index is 424. The van der Waals surface area contributed by atoms with Crippen LogP contribution in [-0.4, -0.2) is 26.1 Å². The summed E-state index contributed by atoms with van der Waals surface area (Å²) >= 11 is 0. The first-order valence-electron chi connectivity index (χ1n) is 6.86. The number of methoxy groups -OCH3 is 1. The molecule has 0 heterocycles. The summed E-state index contributed by atoms with van der Waals surface area (Å²) in [4.78, 5) is 12.4. The van der Waals surface area contributed by atoms with Gasteiger partial charge in [0.1, 0.15) is 5.75 Å². The molecule has 1 aliphatic rings. The number of nitrogens with two attached hydrogens (primary N) is 1. The number of nitrogens with one attached hydrogen (secondary N) is 1. The maximum atomic E-state index is 12.4. The van der Waals surface area contributed by atoms with Gasteiger partial charge in [-0.1, -0.05) is 18.6 Å². The van der Waals surface area contributed by atoms with E-state index in [1.54, 1.807) is 7.11 Å². The van der Waals surface area contributed by atoms with E-state index in [2.05, 4.69) is 5.32 Å². The molecule has 3 N–H and O–H groups in total. The van der Waals surface area contributed by atoms with E-state index in [0.717, 1.165) is 37.0 Å². The van der Waals surface area contributed by atoms with Crippen LogP contribution >= 0.6 is 0 Å². The second-order valence-electron chi connectivity index (χ2n) is 5.06. The van der Waals surface area contributed by atoms with E-state index < -0.39 is 0 Å². The third-order valence-electron chi connectivity index (χ3n) is 3.95. The van der Waals surface area contributed by atoms with E-state index >= 15 is 0 Å². The average Bonchev–Trinajstić information content (AvgIpc) is 2.38. The van der Waals surface area contributed by atoms with Crippen molar-refractivity contribution in [2.24, 2.45) is 5.73 Å². The first kappa shape index (κ1) is 13.9. The molecule has 0 aliphatic heterocycles. The van der Waals surface area contributed by atoms with E-state index in [9.17, 15) is 4.79 Å².